The highest BCUT2D eigenvalue weighted by Gasteiger charge is 2.14. The third-order valence-electron chi connectivity index (χ3n) is 4.33. The van der Waals surface area contributed by atoms with E-state index in [0.29, 0.717) is 19.5 Å². The molecule has 0 fully saturated rings. The Morgan fingerprint density at radius 1 is 1.21 bits per heavy atom. The van der Waals surface area contributed by atoms with Gasteiger partial charge in [0, 0.05) is 44.0 Å². The van der Waals surface area contributed by atoms with Gasteiger partial charge in [-0.2, -0.15) is 5.10 Å². The SMILES string of the molecule is CCN(CC)CCNC(=O)Cc1c(C)nn(CCNCCN)c1C. The van der Waals surface area contributed by atoms with Crippen LogP contribution in [0.2, 0.25) is 0 Å². The van der Waals surface area contributed by atoms with E-state index in [1.807, 2.05) is 18.5 Å². The summed E-state index contributed by atoms with van der Waals surface area (Å²) in [6.07, 6.45) is 0.395. The first-order valence-electron chi connectivity index (χ1n) is 8.96. The summed E-state index contributed by atoms with van der Waals surface area (Å²) in [6, 6.07) is 0. The Balaban J connectivity index is 2.49. The first-order valence-corrected chi connectivity index (χ1v) is 8.96. The second-order valence-electron chi connectivity index (χ2n) is 5.96. The molecule has 4 N–H and O–H groups in total. The minimum absolute atomic E-state index is 0.0640. The molecule has 0 bridgehead atoms. The van der Waals surface area contributed by atoms with Crippen molar-refractivity contribution in [2.24, 2.45) is 5.73 Å². The van der Waals surface area contributed by atoms with Gasteiger partial charge in [-0.1, -0.05) is 13.8 Å². The van der Waals surface area contributed by atoms with Crippen LogP contribution in [0, 0.1) is 13.8 Å². The van der Waals surface area contributed by atoms with Crippen molar-refractivity contribution in [2.45, 2.75) is 40.7 Å². The molecule has 7 heteroatoms. The number of aryl methyl sites for hydroxylation is 1. The standard InChI is InChI=1S/C17H34N6O/c1-5-22(6-2)11-10-20-17(24)13-16-14(3)21-23(15(16)4)12-9-19-8-7-18/h19H,5-13,18H2,1-4H3,(H,20,24). The number of likely N-dealkylation sites (N-methyl/N-ethyl adjacent to an activating group) is 1. The maximum Gasteiger partial charge on any atom is 0.224 e. The van der Waals surface area contributed by atoms with Gasteiger partial charge in [0.05, 0.1) is 18.7 Å². The van der Waals surface area contributed by atoms with Crippen LogP contribution in [0.1, 0.15) is 30.8 Å². The Kier molecular flexibility index (Phi) is 9.59. The zero-order valence-electron chi connectivity index (χ0n) is 15.7. The van der Waals surface area contributed by atoms with E-state index in [1.54, 1.807) is 0 Å². The lowest BCUT2D eigenvalue weighted by atomic mass is 10.1. The molecule has 1 rings (SSSR count). The summed E-state index contributed by atoms with van der Waals surface area (Å²) >= 11 is 0. The average molecular weight is 339 g/mol. The van der Waals surface area contributed by atoms with E-state index in [4.69, 9.17) is 5.73 Å². The van der Waals surface area contributed by atoms with Crippen molar-refractivity contribution in [2.75, 3.05) is 45.8 Å². The molecule has 7 nitrogen and oxygen atoms in total. The summed E-state index contributed by atoms with van der Waals surface area (Å²) in [5, 5.41) is 10.8. The highest BCUT2D eigenvalue weighted by Crippen LogP contribution is 2.13. The van der Waals surface area contributed by atoms with Crippen LogP contribution in [0.5, 0.6) is 0 Å². The maximum absolute atomic E-state index is 12.2. The number of rotatable bonds is 12. The Labute approximate surface area is 146 Å². The number of carbonyl (C=O) groups is 1. The van der Waals surface area contributed by atoms with Gasteiger partial charge in [0.15, 0.2) is 0 Å². The van der Waals surface area contributed by atoms with Gasteiger partial charge in [0.25, 0.3) is 0 Å². The van der Waals surface area contributed by atoms with Crippen LogP contribution in [0.15, 0.2) is 0 Å². The zero-order valence-corrected chi connectivity index (χ0v) is 15.7. The van der Waals surface area contributed by atoms with Gasteiger partial charge in [0.1, 0.15) is 0 Å². The number of nitrogens with zero attached hydrogens (tertiary/aromatic N) is 3. The van der Waals surface area contributed by atoms with Gasteiger partial charge in [-0.15, -0.1) is 0 Å². The molecule has 1 aromatic heterocycles. The van der Waals surface area contributed by atoms with Crippen molar-refractivity contribution < 1.29 is 4.79 Å². The normalized spacial score (nSPS) is 11.2. The quantitative estimate of drug-likeness (QED) is 0.469. The van der Waals surface area contributed by atoms with Gasteiger partial charge in [-0.05, 0) is 26.9 Å². The van der Waals surface area contributed by atoms with Crippen molar-refractivity contribution in [1.82, 2.24) is 25.3 Å². The van der Waals surface area contributed by atoms with E-state index in [1.165, 1.54) is 0 Å². The fourth-order valence-electron chi connectivity index (χ4n) is 2.74. The third-order valence-corrected chi connectivity index (χ3v) is 4.33. The molecule has 0 spiro atoms. The Hall–Kier alpha value is -1.44. The molecule has 138 valence electrons. The third kappa shape index (κ3) is 6.59. The summed E-state index contributed by atoms with van der Waals surface area (Å²) in [7, 11) is 0. The molecule has 0 aliphatic carbocycles. The molecular weight excluding hydrogens is 304 g/mol. The van der Waals surface area contributed by atoms with Crippen LogP contribution in [-0.2, 0) is 17.8 Å². The molecule has 1 aromatic rings. The molecule has 0 aromatic carbocycles. The van der Waals surface area contributed by atoms with Gasteiger partial charge >= 0.3 is 0 Å². The van der Waals surface area contributed by atoms with Crippen LogP contribution in [0.25, 0.3) is 0 Å². The minimum Gasteiger partial charge on any atom is -0.355 e. The topological polar surface area (TPSA) is 88.2 Å². The molecular formula is C17H34N6O. The summed E-state index contributed by atoms with van der Waals surface area (Å²) < 4.78 is 1.97. The fraction of sp³-hybridized carbons (Fsp3) is 0.765. The molecule has 1 amide bonds. The van der Waals surface area contributed by atoms with Crippen molar-refractivity contribution in [1.29, 1.82) is 0 Å². The first-order chi connectivity index (χ1) is 11.5. The van der Waals surface area contributed by atoms with E-state index < -0.39 is 0 Å². The van der Waals surface area contributed by atoms with Crippen molar-refractivity contribution >= 4 is 5.91 Å². The van der Waals surface area contributed by atoms with Gasteiger partial charge in [-0.3, -0.25) is 9.48 Å². The van der Waals surface area contributed by atoms with Gasteiger partial charge in [0.2, 0.25) is 5.91 Å². The second kappa shape index (κ2) is 11.2. The molecule has 0 unspecified atom stereocenters. The van der Waals surface area contributed by atoms with Crippen LogP contribution in [0.3, 0.4) is 0 Å². The Morgan fingerprint density at radius 3 is 2.54 bits per heavy atom. The van der Waals surface area contributed by atoms with E-state index in [9.17, 15) is 4.79 Å². The molecule has 0 radical (unpaired) electrons. The van der Waals surface area contributed by atoms with Gasteiger partial charge in [-0.25, -0.2) is 0 Å². The smallest absolute Gasteiger partial charge is 0.224 e. The molecule has 0 saturated heterocycles. The lowest BCUT2D eigenvalue weighted by Crippen LogP contribution is -2.35. The Morgan fingerprint density at radius 2 is 1.92 bits per heavy atom. The average Bonchev–Trinajstić information content (AvgIpc) is 2.83. The largest absolute Gasteiger partial charge is 0.355 e. The molecule has 0 aliphatic heterocycles. The lowest BCUT2D eigenvalue weighted by Gasteiger charge is -2.17. The number of hydrogen-bond donors (Lipinski definition) is 3. The predicted molar refractivity (Wildman–Crippen MR) is 98.1 cm³/mol. The maximum atomic E-state index is 12.2. The van der Waals surface area contributed by atoms with E-state index >= 15 is 0 Å². The molecule has 0 atom stereocenters. The second-order valence-corrected chi connectivity index (χ2v) is 5.96. The molecule has 0 aliphatic rings. The number of nitrogens with one attached hydrogen (secondary N) is 2. The van der Waals surface area contributed by atoms with E-state index in [-0.39, 0.29) is 5.91 Å². The monoisotopic (exact) mass is 338 g/mol. The van der Waals surface area contributed by atoms with Crippen LogP contribution < -0.4 is 16.4 Å². The van der Waals surface area contributed by atoms with E-state index in [0.717, 1.165) is 56.2 Å². The number of aromatic nitrogens is 2. The number of amides is 1. The molecule has 1 heterocycles. The van der Waals surface area contributed by atoms with Crippen LogP contribution in [-0.4, -0.2) is 66.4 Å². The minimum atomic E-state index is 0.0640. The summed E-state index contributed by atoms with van der Waals surface area (Å²) in [6.45, 7) is 14.9. The molecule has 24 heavy (non-hydrogen) atoms. The summed E-state index contributed by atoms with van der Waals surface area (Å²) in [5.74, 6) is 0.0640. The number of hydrogen-bond acceptors (Lipinski definition) is 5. The summed E-state index contributed by atoms with van der Waals surface area (Å²) in [4.78, 5) is 14.5. The van der Waals surface area contributed by atoms with Crippen LogP contribution in [0.4, 0.5) is 0 Å². The summed E-state index contributed by atoms with van der Waals surface area (Å²) in [5.41, 5.74) is 8.51. The Bertz CT molecular complexity index is 496. The molecule has 0 saturated carbocycles. The van der Waals surface area contributed by atoms with E-state index in [2.05, 4.69) is 34.5 Å². The van der Waals surface area contributed by atoms with Crippen molar-refractivity contribution in [3.05, 3.63) is 17.0 Å². The van der Waals surface area contributed by atoms with Crippen molar-refractivity contribution in [3.63, 3.8) is 0 Å². The van der Waals surface area contributed by atoms with Crippen molar-refractivity contribution in [3.8, 4) is 0 Å². The number of nitrogens with two attached hydrogens (primary N) is 1. The highest BCUT2D eigenvalue weighted by molar-refractivity contribution is 5.79. The number of carbonyl (C=O) groups excluding carboxylic acids is 1. The predicted octanol–water partition coefficient (Wildman–Crippen LogP) is 0.0487. The highest BCUT2D eigenvalue weighted by atomic mass is 16.1. The lowest BCUT2D eigenvalue weighted by molar-refractivity contribution is -0.120. The van der Waals surface area contributed by atoms with Gasteiger partial charge < -0.3 is 21.3 Å². The first kappa shape index (κ1) is 20.6. The fourth-order valence-corrected chi connectivity index (χ4v) is 2.74. The zero-order chi connectivity index (χ0) is 17.9. The van der Waals surface area contributed by atoms with Crippen LogP contribution >= 0.6 is 0 Å².